The summed E-state index contributed by atoms with van der Waals surface area (Å²) in [5.41, 5.74) is 7.51. The minimum atomic E-state index is 0. The molecular formula is C12H24ClN. The van der Waals surface area contributed by atoms with Crippen molar-refractivity contribution in [3.63, 3.8) is 0 Å². The zero-order valence-corrected chi connectivity index (χ0v) is 10.5. The molecule has 0 unspecified atom stereocenters. The molecule has 0 spiro atoms. The molecule has 0 saturated heterocycles. The molecule has 3 rings (SSSR count). The van der Waals surface area contributed by atoms with Crippen molar-refractivity contribution in [1.29, 1.82) is 0 Å². The van der Waals surface area contributed by atoms with E-state index in [0.717, 1.165) is 0 Å². The Balaban J connectivity index is 0.000000980. The van der Waals surface area contributed by atoms with E-state index in [2.05, 4.69) is 20.8 Å². The van der Waals surface area contributed by atoms with Gasteiger partial charge in [-0.15, -0.1) is 12.4 Å². The largest absolute Gasteiger partial charge is 0.325 e. The average molecular weight is 218 g/mol. The normalized spacial score (nSPS) is 42.0. The van der Waals surface area contributed by atoms with Gasteiger partial charge in [-0.2, -0.15) is 0 Å². The van der Waals surface area contributed by atoms with Crippen molar-refractivity contribution >= 4 is 12.4 Å². The molecule has 0 aliphatic heterocycles. The monoisotopic (exact) mass is 217 g/mol. The molecule has 84 valence electrons. The van der Waals surface area contributed by atoms with Crippen LogP contribution in [0.25, 0.3) is 0 Å². The third-order valence-electron chi connectivity index (χ3n) is 4.99. The Morgan fingerprint density at radius 3 is 1.57 bits per heavy atom. The molecular weight excluding hydrogens is 194 g/mol. The smallest absolute Gasteiger partial charge is 0.0154 e. The van der Waals surface area contributed by atoms with Crippen LogP contribution < -0.4 is 5.73 Å². The summed E-state index contributed by atoms with van der Waals surface area (Å²) in [6.07, 6.45) is 8.34. The zero-order chi connectivity index (χ0) is 9.74. The quantitative estimate of drug-likeness (QED) is 0.715. The van der Waals surface area contributed by atoms with Crippen molar-refractivity contribution < 1.29 is 0 Å². The lowest BCUT2D eigenvalue weighted by Gasteiger charge is -2.57. The molecule has 14 heavy (non-hydrogen) atoms. The van der Waals surface area contributed by atoms with Gasteiger partial charge in [-0.1, -0.05) is 6.92 Å². The summed E-state index contributed by atoms with van der Waals surface area (Å²) in [4.78, 5) is 0. The number of hydrogen-bond donors (Lipinski definition) is 1. The first kappa shape index (κ1) is 12.3. The van der Waals surface area contributed by atoms with Crippen LogP contribution in [-0.2, 0) is 0 Å². The molecule has 0 atom stereocenters. The van der Waals surface area contributed by atoms with Crippen molar-refractivity contribution in [2.45, 2.75) is 64.8 Å². The Bertz CT molecular complexity index is 192. The molecule has 0 radical (unpaired) electrons. The molecule has 0 aromatic carbocycles. The zero-order valence-electron chi connectivity index (χ0n) is 9.73. The predicted octanol–water partition coefficient (Wildman–Crippen LogP) is 3.51. The molecule has 2 N–H and O–H groups in total. The van der Waals surface area contributed by atoms with Crippen LogP contribution in [-0.4, -0.2) is 5.54 Å². The Morgan fingerprint density at radius 1 is 0.929 bits per heavy atom. The van der Waals surface area contributed by atoms with E-state index < -0.39 is 0 Å². The number of hydrogen-bond acceptors (Lipinski definition) is 1. The molecule has 3 aliphatic rings. The van der Waals surface area contributed by atoms with Crippen molar-refractivity contribution in [3.8, 4) is 0 Å². The first-order chi connectivity index (χ1) is 5.87. The van der Waals surface area contributed by atoms with Crippen LogP contribution in [0.5, 0.6) is 0 Å². The fraction of sp³-hybridized carbons (Fsp3) is 1.00. The summed E-state index contributed by atoms with van der Waals surface area (Å²) in [7, 11) is 0. The van der Waals surface area contributed by atoms with Gasteiger partial charge >= 0.3 is 0 Å². The van der Waals surface area contributed by atoms with Crippen molar-refractivity contribution in [2.24, 2.45) is 16.6 Å². The lowest BCUT2D eigenvalue weighted by atomic mass is 9.49. The molecule has 0 amide bonds. The average Bonchev–Trinajstić information content (AvgIpc) is 2.04. The van der Waals surface area contributed by atoms with E-state index >= 15 is 0 Å². The van der Waals surface area contributed by atoms with Crippen LogP contribution in [0.4, 0.5) is 0 Å². The molecule has 2 heteroatoms. The molecule has 3 aliphatic carbocycles. The molecule has 0 heterocycles. The maximum Gasteiger partial charge on any atom is 0.0154 e. The predicted molar refractivity (Wildman–Crippen MR) is 63.8 cm³/mol. The van der Waals surface area contributed by atoms with Gasteiger partial charge in [0.25, 0.3) is 0 Å². The summed E-state index contributed by atoms with van der Waals surface area (Å²) in [6.45, 7) is 6.90. The highest BCUT2D eigenvalue weighted by Crippen LogP contribution is 2.59. The van der Waals surface area contributed by atoms with Crippen LogP contribution in [0.2, 0.25) is 0 Å². The lowest BCUT2D eigenvalue weighted by molar-refractivity contribution is -0.0402. The highest BCUT2D eigenvalue weighted by molar-refractivity contribution is 5.85. The highest BCUT2D eigenvalue weighted by Gasteiger charge is 2.51. The topological polar surface area (TPSA) is 26.0 Å². The van der Waals surface area contributed by atoms with Crippen LogP contribution in [0.1, 0.15) is 59.3 Å². The summed E-state index contributed by atoms with van der Waals surface area (Å²) >= 11 is 0. The van der Waals surface area contributed by atoms with Crippen molar-refractivity contribution in [2.75, 3.05) is 0 Å². The summed E-state index contributed by atoms with van der Waals surface area (Å²) < 4.78 is 0. The minimum absolute atomic E-state index is 0. The number of nitrogens with two attached hydrogens (primary N) is 1. The summed E-state index contributed by atoms with van der Waals surface area (Å²) in [5, 5.41) is 0. The van der Waals surface area contributed by atoms with Crippen LogP contribution in [0.15, 0.2) is 0 Å². The van der Waals surface area contributed by atoms with E-state index in [4.69, 9.17) is 5.73 Å². The van der Waals surface area contributed by atoms with Crippen molar-refractivity contribution in [3.05, 3.63) is 0 Å². The van der Waals surface area contributed by atoms with Gasteiger partial charge in [-0.05, 0) is 63.2 Å². The number of halogens is 1. The standard InChI is InChI=1S/C12H23N.ClH/c1-10(2,13)12-7-4-11(3,5-8-12)6-9-12;/h4-9,13H2,1-3H3;1H. The van der Waals surface area contributed by atoms with E-state index in [9.17, 15) is 0 Å². The van der Waals surface area contributed by atoms with E-state index in [0.29, 0.717) is 10.8 Å². The molecule has 2 bridgehead atoms. The second kappa shape index (κ2) is 3.38. The fourth-order valence-corrected chi connectivity index (χ4v) is 3.34. The summed E-state index contributed by atoms with van der Waals surface area (Å²) in [6, 6.07) is 0. The Kier molecular flexibility index (Phi) is 2.98. The molecule has 3 saturated carbocycles. The highest BCUT2D eigenvalue weighted by atomic mass is 35.5. The third kappa shape index (κ3) is 1.69. The van der Waals surface area contributed by atoms with Gasteiger partial charge in [0.1, 0.15) is 0 Å². The Hall–Kier alpha value is 0.250. The first-order valence-corrected chi connectivity index (χ1v) is 5.66. The fourth-order valence-electron chi connectivity index (χ4n) is 3.34. The maximum atomic E-state index is 6.32. The van der Waals surface area contributed by atoms with Gasteiger partial charge in [0.15, 0.2) is 0 Å². The second-order valence-corrected chi connectivity index (χ2v) is 6.31. The SMILES string of the molecule is CC12CCC(C(C)(C)N)(CC1)CC2.Cl. The number of fused-ring (bicyclic) bond motifs is 3. The van der Waals surface area contributed by atoms with E-state index in [-0.39, 0.29) is 17.9 Å². The van der Waals surface area contributed by atoms with E-state index in [1.54, 1.807) is 0 Å². The van der Waals surface area contributed by atoms with Gasteiger partial charge < -0.3 is 5.73 Å². The maximum absolute atomic E-state index is 6.32. The molecule has 0 aromatic rings. The lowest BCUT2D eigenvalue weighted by Crippen LogP contribution is -2.56. The van der Waals surface area contributed by atoms with Gasteiger partial charge in [-0.3, -0.25) is 0 Å². The van der Waals surface area contributed by atoms with Gasteiger partial charge in [0.2, 0.25) is 0 Å². The molecule has 1 nitrogen and oxygen atoms in total. The van der Waals surface area contributed by atoms with Crippen LogP contribution in [0, 0.1) is 10.8 Å². The van der Waals surface area contributed by atoms with Gasteiger partial charge in [0, 0.05) is 5.54 Å². The van der Waals surface area contributed by atoms with Crippen molar-refractivity contribution in [1.82, 2.24) is 0 Å². The van der Waals surface area contributed by atoms with Gasteiger partial charge in [-0.25, -0.2) is 0 Å². The number of rotatable bonds is 1. The van der Waals surface area contributed by atoms with E-state index in [1.165, 1.54) is 38.5 Å². The first-order valence-electron chi connectivity index (χ1n) is 5.66. The summed E-state index contributed by atoms with van der Waals surface area (Å²) in [5.74, 6) is 0. The third-order valence-corrected chi connectivity index (χ3v) is 4.99. The van der Waals surface area contributed by atoms with Gasteiger partial charge in [0.05, 0.1) is 0 Å². The Morgan fingerprint density at radius 2 is 1.29 bits per heavy atom. The Labute approximate surface area is 94.2 Å². The second-order valence-electron chi connectivity index (χ2n) is 6.31. The van der Waals surface area contributed by atoms with E-state index in [1.807, 2.05) is 0 Å². The minimum Gasteiger partial charge on any atom is -0.325 e. The van der Waals surface area contributed by atoms with Crippen LogP contribution in [0.3, 0.4) is 0 Å². The molecule has 0 aromatic heterocycles. The molecule has 3 fully saturated rings. The van der Waals surface area contributed by atoms with Crippen LogP contribution >= 0.6 is 12.4 Å².